The number of hydrogen-bond donors (Lipinski definition) is 1. The van der Waals surface area contributed by atoms with Crippen LogP contribution in [0.3, 0.4) is 0 Å². The summed E-state index contributed by atoms with van der Waals surface area (Å²) in [5.41, 5.74) is 4.73. The predicted octanol–water partition coefficient (Wildman–Crippen LogP) is 7.06. The van der Waals surface area contributed by atoms with Crippen molar-refractivity contribution in [3.63, 3.8) is 0 Å². The number of nitrogens with zero attached hydrogens (tertiary/aromatic N) is 1. The number of amides is 1. The maximum Gasteiger partial charge on any atom is 0.244 e. The SMILES string of the molecule is C[C@]12CCCC[C@@H]1[C@H]2C(=O)N/N=C\c1cc(I)c(OCc2ccc(Cl)cc2Cl)c(I)c1. The molecular formula is C23H22Cl2I2N2O2. The molecule has 0 aliphatic heterocycles. The van der Waals surface area contributed by atoms with E-state index in [0.29, 0.717) is 22.6 Å². The van der Waals surface area contributed by atoms with Crippen molar-refractivity contribution in [2.45, 2.75) is 39.2 Å². The number of fused-ring (bicyclic) bond motifs is 1. The summed E-state index contributed by atoms with van der Waals surface area (Å²) in [6.45, 7) is 2.60. The Hall–Kier alpha value is -0.580. The first-order valence-electron chi connectivity index (χ1n) is 10.2. The second-order valence-electron chi connectivity index (χ2n) is 8.41. The van der Waals surface area contributed by atoms with Gasteiger partial charge in [-0.15, -0.1) is 0 Å². The van der Waals surface area contributed by atoms with Crippen molar-refractivity contribution in [3.05, 3.63) is 58.6 Å². The van der Waals surface area contributed by atoms with E-state index in [1.807, 2.05) is 18.2 Å². The third kappa shape index (κ3) is 5.17. The van der Waals surface area contributed by atoms with E-state index in [9.17, 15) is 4.79 Å². The zero-order valence-corrected chi connectivity index (χ0v) is 22.8. The van der Waals surface area contributed by atoms with Gasteiger partial charge >= 0.3 is 0 Å². The van der Waals surface area contributed by atoms with Crippen LogP contribution in [0, 0.1) is 24.4 Å². The van der Waals surface area contributed by atoms with E-state index in [0.717, 1.165) is 36.9 Å². The summed E-state index contributed by atoms with van der Waals surface area (Å²) in [5, 5.41) is 5.40. The molecule has 0 unspecified atom stereocenters. The van der Waals surface area contributed by atoms with Crippen LogP contribution in [0.2, 0.25) is 10.0 Å². The Bertz CT molecular complexity index is 1020. The molecule has 2 aromatic carbocycles. The second kappa shape index (κ2) is 9.73. The highest BCUT2D eigenvalue weighted by Crippen LogP contribution is 2.66. The summed E-state index contributed by atoms with van der Waals surface area (Å²) < 4.78 is 7.94. The van der Waals surface area contributed by atoms with Crippen molar-refractivity contribution < 1.29 is 9.53 Å². The molecule has 2 aliphatic rings. The van der Waals surface area contributed by atoms with E-state index in [4.69, 9.17) is 27.9 Å². The molecule has 4 rings (SSSR count). The lowest BCUT2D eigenvalue weighted by molar-refractivity contribution is -0.123. The Kier molecular flexibility index (Phi) is 7.40. The summed E-state index contributed by atoms with van der Waals surface area (Å²) >= 11 is 16.7. The number of hydrazone groups is 1. The van der Waals surface area contributed by atoms with Gasteiger partial charge in [0, 0.05) is 21.5 Å². The molecule has 8 heteroatoms. The third-order valence-electron chi connectivity index (χ3n) is 6.41. The lowest BCUT2D eigenvalue weighted by atomic mass is 9.90. The van der Waals surface area contributed by atoms with E-state index < -0.39 is 0 Å². The Labute approximate surface area is 219 Å². The molecule has 0 bridgehead atoms. The smallest absolute Gasteiger partial charge is 0.244 e. The van der Waals surface area contributed by atoms with Gasteiger partial charge in [0.1, 0.15) is 12.4 Å². The maximum atomic E-state index is 12.6. The highest BCUT2D eigenvalue weighted by Gasteiger charge is 2.64. The van der Waals surface area contributed by atoms with Crippen LogP contribution in [0.25, 0.3) is 0 Å². The van der Waals surface area contributed by atoms with E-state index in [-0.39, 0.29) is 17.2 Å². The van der Waals surface area contributed by atoms with Crippen molar-refractivity contribution >= 4 is 80.5 Å². The minimum atomic E-state index is 0.0508. The lowest BCUT2D eigenvalue weighted by Gasteiger charge is -2.15. The molecule has 0 saturated heterocycles. The van der Waals surface area contributed by atoms with Crippen LogP contribution in [-0.2, 0) is 11.4 Å². The molecule has 1 N–H and O–H groups in total. The van der Waals surface area contributed by atoms with Crippen LogP contribution in [-0.4, -0.2) is 12.1 Å². The van der Waals surface area contributed by atoms with Gasteiger partial charge in [-0.1, -0.05) is 49.0 Å². The zero-order chi connectivity index (χ0) is 22.2. The first kappa shape index (κ1) is 23.6. The summed E-state index contributed by atoms with van der Waals surface area (Å²) in [4.78, 5) is 12.6. The molecule has 2 fully saturated rings. The molecule has 2 saturated carbocycles. The van der Waals surface area contributed by atoms with Gasteiger partial charge in [0.05, 0.1) is 13.4 Å². The van der Waals surface area contributed by atoms with Gasteiger partial charge in [-0.25, -0.2) is 5.43 Å². The lowest BCUT2D eigenvalue weighted by Crippen LogP contribution is -2.22. The Morgan fingerprint density at radius 2 is 2.00 bits per heavy atom. The molecule has 0 radical (unpaired) electrons. The number of carbonyl (C=O) groups excluding carboxylic acids is 1. The normalized spacial score (nSPS) is 24.7. The quantitative estimate of drug-likeness (QED) is 0.202. The molecule has 1 amide bonds. The topological polar surface area (TPSA) is 50.7 Å². The third-order valence-corrected chi connectivity index (χ3v) is 8.60. The van der Waals surface area contributed by atoms with Gasteiger partial charge < -0.3 is 4.74 Å². The molecule has 4 nitrogen and oxygen atoms in total. The monoisotopic (exact) mass is 682 g/mol. The van der Waals surface area contributed by atoms with Crippen molar-refractivity contribution in [1.82, 2.24) is 5.43 Å². The second-order valence-corrected chi connectivity index (χ2v) is 11.6. The van der Waals surface area contributed by atoms with Crippen molar-refractivity contribution in [2.24, 2.45) is 22.4 Å². The molecule has 2 aromatic rings. The number of benzene rings is 2. The van der Waals surface area contributed by atoms with E-state index in [1.54, 1.807) is 18.3 Å². The van der Waals surface area contributed by atoms with Gasteiger partial charge in [-0.2, -0.15) is 5.10 Å². The van der Waals surface area contributed by atoms with Crippen molar-refractivity contribution in [1.29, 1.82) is 0 Å². The molecule has 0 heterocycles. The van der Waals surface area contributed by atoms with Crippen LogP contribution in [0.4, 0.5) is 0 Å². The van der Waals surface area contributed by atoms with Crippen LogP contribution in [0.1, 0.15) is 43.7 Å². The molecule has 0 spiro atoms. The van der Waals surface area contributed by atoms with E-state index in [2.05, 4.69) is 62.6 Å². The molecule has 3 atom stereocenters. The highest BCUT2D eigenvalue weighted by molar-refractivity contribution is 14.1. The number of carbonyl (C=O) groups is 1. The molecule has 31 heavy (non-hydrogen) atoms. The predicted molar refractivity (Wildman–Crippen MR) is 142 cm³/mol. The van der Waals surface area contributed by atoms with Crippen LogP contribution in [0.15, 0.2) is 35.4 Å². The number of ether oxygens (including phenoxy) is 1. The standard InChI is InChI=1S/C23H22Cl2I2N2O2/c1-23-7-3-2-4-16(23)20(23)22(30)29-28-11-13-8-18(26)21(19(27)9-13)31-12-14-5-6-15(24)10-17(14)25/h5-6,8-11,16,20H,2-4,7,12H2,1H3,(H,29,30)/b28-11-/t16-,20+,23+/m1/s1. The summed E-state index contributed by atoms with van der Waals surface area (Å²) in [7, 11) is 0. The number of rotatable bonds is 6. The van der Waals surface area contributed by atoms with E-state index >= 15 is 0 Å². The first-order chi connectivity index (χ1) is 14.8. The molecule has 2 aliphatic carbocycles. The number of nitrogens with one attached hydrogen (secondary N) is 1. The number of halogens is 4. The molecule has 164 valence electrons. The van der Waals surface area contributed by atoms with Crippen LogP contribution < -0.4 is 10.2 Å². The Morgan fingerprint density at radius 1 is 1.26 bits per heavy atom. The molecular weight excluding hydrogens is 661 g/mol. The van der Waals surface area contributed by atoms with Gasteiger partial charge in [0.25, 0.3) is 0 Å². The fourth-order valence-electron chi connectivity index (χ4n) is 4.67. The largest absolute Gasteiger partial charge is 0.487 e. The van der Waals surface area contributed by atoms with Crippen molar-refractivity contribution in [2.75, 3.05) is 0 Å². The van der Waals surface area contributed by atoms with E-state index in [1.165, 1.54) is 12.8 Å². The highest BCUT2D eigenvalue weighted by atomic mass is 127. The minimum Gasteiger partial charge on any atom is -0.487 e. The Balaban J connectivity index is 1.37. The Morgan fingerprint density at radius 3 is 2.65 bits per heavy atom. The van der Waals surface area contributed by atoms with Gasteiger partial charge in [-0.05, 0) is 99.2 Å². The average Bonchev–Trinajstić information content (AvgIpc) is 3.34. The molecule has 0 aromatic heterocycles. The fourth-order valence-corrected chi connectivity index (χ4v) is 7.26. The van der Waals surface area contributed by atoms with Crippen molar-refractivity contribution in [3.8, 4) is 5.75 Å². The zero-order valence-electron chi connectivity index (χ0n) is 16.9. The minimum absolute atomic E-state index is 0.0508. The fraction of sp³-hybridized carbons (Fsp3) is 0.391. The first-order valence-corrected chi connectivity index (χ1v) is 13.1. The van der Waals surface area contributed by atoms with Crippen LogP contribution in [0.5, 0.6) is 5.75 Å². The van der Waals surface area contributed by atoms with Gasteiger partial charge in [0.2, 0.25) is 5.91 Å². The van der Waals surface area contributed by atoms with Gasteiger partial charge in [-0.3, -0.25) is 4.79 Å². The summed E-state index contributed by atoms with van der Waals surface area (Å²) in [5.74, 6) is 1.49. The summed E-state index contributed by atoms with van der Waals surface area (Å²) in [6.07, 6.45) is 6.48. The summed E-state index contributed by atoms with van der Waals surface area (Å²) in [6, 6.07) is 9.34. The maximum absolute atomic E-state index is 12.6. The van der Waals surface area contributed by atoms with Crippen LogP contribution >= 0.6 is 68.4 Å². The van der Waals surface area contributed by atoms with Gasteiger partial charge in [0.15, 0.2) is 0 Å². The number of hydrogen-bond acceptors (Lipinski definition) is 3. The average molecular weight is 683 g/mol.